The van der Waals surface area contributed by atoms with Crippen LogP contribution in [0.1, 0.15) is 17.0 Å². The number of aromatic nitrogens is 2. The standard InChI is InChI=1S/C17H15N3O/c1-20-14-8-5-7-13(11-18)17(14)19-16(20)10-12-6-3-4-9-15(12)21-2/h3-9H,10H2,1-2H3. The minimum atomic E-state index is 0.606. The van der Waals surface area contributed by atoms with E-state index in [0.29, 0.717) is 12.0 Å². The second-order valence-electron chi connectivity index (χ2n) is 4.86. The van der Waals surface area contributed by atoms with E-state index in [0.717, 1.165) is 28.2 Å². The average molecular weight is 277 g/mol. The molecular formula is C17H15N3O. The minimum absolute atomic E-state index is 0.606. The molecule has 0 spiro atoms. The highest BCUT2D eigenvalue weighted by molar-refractivity contribution is 5.82. The van der Waals surface area contributed by atoms with Gasteiger partial charge in [-0.2, -0.15) is 5.26 Å². The van der Waals surface area contributed by atoms with Gasteiger partial charge in [0, 0.05) is 19.0 Å². The van der Waals surface area contributed by atoms with Gasteiger partial charge in [0.05, 0.1) is 18.2 Å². The molecule has 0 amide bonds. The summed E-state index contributed by atoms with van der Waals surface area (Å²) in [5.41, 5.74) is 3.41. The third-order valence-corrected chi connectivity index (χ3v) is 3.67. The minimum Gasteiger partial charge on any atom is -0.496 e. The SMILES string of the molecule is COc1ccccc1Cc1nc2c(C#N)cccc2n1C. The van der Waals surface area contributed by atoms with Crippen molar-refractivity contribution in [1.82, 2.24) is 9.55 Å². The lowest BCUT2D eigenvalue weighted by Crippen LogP contribution is -2.00. The van der Waals surface area contributed by atoms with Crippen LogP contribution in [0.2, 0.25) is 0 Å². The van der Waals surface area contributed by atoms with Crippen molar-refractivity contribution in [2.24, 2.45) is 7.05 Å². The summed E-state index contributed by atoms with van der Waals surface area (Å²) in [4.78, 5) is 4.64. The molecule has 0 radical (unpaired) electrons. The molecule has 4 nitrogen and oxygen atoms in total. The number of fused-ring (bicyclic) bond motifs is 1. The fraction of sp³-hybridized carbons (Fsp3) is 0.176. The van der Waals surface area contributed by atoms with Crippen molar-refractivity contribution >= 4 is 11.0 Å². The zero-order valence-corrected chi connectivity index (χ0v) is 12.0. The normalized spacial score (nSPS) is 10.5. The molecule has 0 fully saturated rings. The fourth-order valence-corrected chi connectivity index (χ4v) is 2.53. The van der Waals surface area contributed by atoms with Gasteiger partial charge in [0.1, 0.15) is 23.2 Å². The molecular weight excluding hydrogens is 262 g/mol. The first-order chi connectivity index (χ1) is 10.2. The Morgan fingerprint density at radius 2 is 2.00 bits per heavy atom. The number of hydrogen-bond acceptors (Lipinski definition) is 3. The van der Waals surface area contributed by atoms with Gasteiger partial charge in [-0.3, -0.25) is 0 Å². The monoisotopic (exact) mass is 277 g/mol. The Labute approximate surface area is 123 Å². The van der Waals surface area contributed by atoms with Crippen molar-refractivity contribution in [2.75, 3.05) is 7.11 Å². The molecule has 4 heteroatoms. The van der Waals surface area contributed by atoms with Crippen molar-refractivity contribution in [3.63, 3.8) is 0 Å². The van der Waals surface area contributed by atoms with Gasteiger partial charge in [-0.1, -0.05) is 24.3 Å². The summed E-state index contributed by atoms with van der Waals surface area (Å²) < 4.78 is 7.42. The summed E-state index contributed by atoms with van der Waals surface area (Å²) in [5, 5.41) is 9.19. The Kier molecular flexibility index (Phi) is 3.33. The molecule has 0 bridgehead atoms. The Morgan fingerprint density at radius 3 is 2.76 bits per heavy atom. The van der Waals surface area contributed by atoms with Crippen LogP contribution in [0.25, 0.3) is 11.0 Å². The lowest BCUT2D eigenvalue weighted by Gasteiger charge is -2.08. The van der Waals surface area contributed by atoms with Crippen LogP contribution in [0.3, 0.4) is 0 Å². The number of imidazole rings is 1. The van der Waals surface area contributed by atoms with Gasteiger partial charge >= 0.3 is 0 Å². The first-order valence-corrected chi connectivity index (χ1v) is 6.71. The number of aryl methyl sites for hydroxylation is 1. The molecule has 0 aliphatic carbocycles. The van der Waals surface area contributed by atoms with E-state index in [4.69, 9.17) is 4.74 Å². The Hall–Kier alpha value is -2.80. The van der Waals surface area contributed by atoms with Crippen LogP contribution >= 0.6 is 0 Å². The van der Waals surface area contributed by atoms with Gasteiger partial charge in [0.2, 0.25) is 0 Å². The van der Waals surface area contributed by atoms with E-state index in [1.807, 2.05) is 48.0 Å². The zero-order valence-electron chi connectivity index (χ0n) is 12.0. The first kappa shape index (κ1) is 13.2. The smallest absolute Gasteiger partial charge is 0.122 e. The molecule has 1 heterocycles. The zero-order chi connectivity index (χ0) is 14.8. The molecule has 3 rings (SSSR count). The molecule has 1 aromatic heterocycles. The van der Waals surface area contributed by atoms with E-state index in [1.54, 1.807) is 13.2 Å². The van der Waals surface area contributed by atoms with Crippen LogP contribution in [0, 0.1) is 11.3 Å². The molecule has 3 aromatic rings. The van der Waals surface area contributed by atoms with E-state index in [1.165, 1.54) is 0 Å². The Morgan fingerprint density at radius 1 is 1.19 bits per heavy atom. The van der Waals surface area contributed by atoms with Crippen molar-refractivity contribution < 1.29 is 4.74 Å². The number of hydrogen-bond donors (Lipinski definition) is 0. The molecule has 0 aliphatic heterocycles. The molecule has 2 aromatic carbocycles. The van der Waals surface area contributed by atoms with Crippen molar-refractivity contribution in [2.45, 2.75) is 6.42 Å². The number of nitrogens with zero attached hydrogens (tertiary/aromatic N) is 3. The van der Waals surface area contributed by atoms with Gasteiger partial charge in [0.15, 0.2) is 0 Å². The topological polar surface area (TPSA) is 50.8 Å². The second kappa shape index (κ2) is 5.29. The number of nitriles is 1. The third-order valence-electron chi connectivity index (χ3n) is 3.67. The summed E-state index contributed by atoms with van der Waals surface area (Å²) in [6, 6.07) is 15.8. The summed E-state index contributed by atoms with van der Waals surface area (Å²) in [6.45, 7) is 0. The molecule has 0 saturated carbocycles. The number of para-hydroxylation sites is 2. The van der Waals surface area contributed by atoms with Crippen LogP contribution in [0.5, 0.6) is 5.75 Å². The Balaban J connectivity index is 2.10. The fourth-order valence-electron chi connectivity index (χ4n) is 2.53. The van der Waals surface area contributed by atoms with E-state index in [2.05, 4.69) is 11.1 Å². The quantitative estimate of drug-likeness (QED) is 0.739. The Bertz CT molecular complexity index is 843. The molecule has 0 aliphatic rings. The molecule has 0 unspecified atom stereocenters. The summed E-state index contributed by atoms with van der Waals surface area (Å²) >= 11 is 0. The number of benzene rings is 2. The first-order valence-electron chi connectivity index (χ1n) is 6.71. The molecule has 0 atom stereocenters. The molecule has 21 heavy (non-hydrogen) atoms. The largest absolute Gasteiger partial charge is 0.496 e. The molecule has 0 N–H and O–H groups in total. The van der Waals surface area contributed by atoms with Crippen LogP contribution in [0.4, 0.5) is 0 Å². The maximum Gasteiger partial charge on any atom is 0.122 e. The average Bonchev–Trinajstić information content (AvgIpc) is 2.84. The second-order valence-corrected chi connectivity index (χ2v) is 4.86. The predicted molar refractivity (Wildman–Crippen MR) is 81.2 cm³/mol. The van der Waals surface area contributed by atoms with Crippen molar-refractivity contribution in [3.05, 3.63) is 59.4 Å². The highest BCUT2D eigenvalue weighted by atomic mass is 16.5. The van der Waals surface area contributed by atoms with Gasteiger partial charge in [-0.15, -0.1) is 0 Å². The lowest BCUT2D eigenvalue weighted by molar-refractivity contribution is 0.410. The highest BCUT2D eigenvalue weighted by Crippen LogP contribution is 2.24. The maximum absolute atomic E-state index is 9.19. The summed E-state index contributed by atoms with van der Waals surface area (Å²) in [5.74, 6) is 1.77. The van der Waals surface area contributed by atoms with Crippen LogP contribution in [-0.4, -0.2) is 16.7 Å². The number of methoxy groups -OCH3 is 1. The third kappa shape index (κ3) is 2.23. The van der Waals surface area contributed by atoms with Gasteiger partial charge < -0.3 is 9.30 Å². The van der Waals surface area contributed by atoms with E-state index in [9.17, 15) is 5.26 Å². The number of rotatable bonds is 3. The highest BCUT2D eigenvalue weighted by Gasteiger charge is 2.13. The lowest BCUT2D eigenvalue weighted by atomic mass is 10.1. The molecule has 104 valence electrons. The van der Waals surface area contributed by atoms with E-state index >= 15 is 0 Å². The number of ether oxygens (including phenoxy) is 1. The van der Waals surface area contributed by atoms with Gasteiger partial charge in [-0.25, -0.2) is 4.98 Å². The summed E-state index contributed by atoms with van der Waals surface area (Å²) in [6.07, 6.45) is 0.667. The van der Waals surface area contributed by atoms with Crippen LogP contribution in [0.15, 0.2) is 42.5 Å². The van der Waals surface area contributed by atoms with Gasteiger partial charge in [-0.05, 0) is 18.2 Å². The summed E-state index contributed by atoms with van der Waals surface area (Å²) in [7, 11) is 3.64. The predicted octanol–water partition coefficient (Wildman–Crippen LogP) is 3.04. The molecule has 0 saturated heterocycles. The van der Waals surface area contributed by atoms with E-state index < -0.39 is 0 Å². The van der Waals surface area contributed by atoms with Gasteiger partial charge in [0.25, 0.3) is 0 Å². The maximum atomic E-state index is 9.19. The van der Waals surface area contributed by atoms with Crippen molar-refractivity contribution in [1.29, 1.82) is 5.26 Å². The van der Waals surface area contributed by atoms with E-state index in [-0.39, 0.29) is 0 Å². The van der Waals surface area contributed by atoms with Crippen molar-refractivity contribution in [3.8, 4) is 11.8 Å². The van der Waals surface area contributed by atoms with Crippen LogP contribution < -0.4 is 4.74 Å². The van der Waals surface area contributed by atoms with Crippen LogP contribution in [-0.2, 0) is 13.5 Å².